The highest BCUT2D eigenvalue weighted by Crippen LogP contribution is 2.26. The molecule has 12 heavy (non-hydrogen) atoms. The highest BCUT2D eigenvalue weighted by atomic mass is 16.2. The molecule has 0 aliphatic heterocycles. The average Bonchev–Trinajstić information content (AvgIpc) is 1.96. The zero-order valence-electron chi connectivity index (χ0n) is 8.05. The number of hydrogen-bond donors (Lipinski definition) is 2. The van der Waals surface area contributed by atoms with Gasteiger partial charge >= 0.3 is 6.03 Å². The highest BCUT2D eigenvalue weighted by Gasteiger charge is 2.27. The molecule has 1 saturated carbocycles. The molecule has 1 aliphatic rings. The Labute approximate surface area is 73.9 Å². The van der Waals surface area contributed by atoms with Crippen molar-refractivity contribution >= 4 is 6.03 Å². The molecule has 1 aliphatic carbocycles. The molecule has 2 amide bonds. The molecule has 70 valence electrons. The molecule has 3 nitrogen and oxygen atoms in total. The number of nitrogens with one attached hydrogen (secondary N) is 2. The fraction of sp³-hybridized carbons (Fsp3) is 0.889. The van der Waals surface area contributed by atoms with Crippen LogP contribution >= 0.6 is 0 Å². The standard InChI is InChI=1S/C9H18N2O/c1-6(2)10-9(12)11-8-5-4-7(8)3/h6-8H,4-5H2,1-3H3,(H2,10,11,12). The molecule has 0 saturated heterocycles. The van der Waals surface area contributed by atoms with Gasteiger partial charge < -0.3 is 10.6 Å². The first-order valence-electron chi connectivity index (χ1n) is 4.66. The number of urea groups is 1. The van der Waals surface area contributed by atoms with Crippen LogP contribution in [0.3, 0.4) is 0 Å². The summed E-state index contributed by atoms with van der Waals surface area (Å²) < 4.78 is 0. The number of hydrogen-bond acceptors (Lipinski definition) is 1. The molecule has 1 fully saturated rings. The van der Waals surface area contributed by atoms with Gasteiger partial charge in [-0.05, 0) is 32.6 Å². The second-order valence-corrected chi connectivity index (χ2v) is 3.93. The predicted octanol–water partition coefficient (Wildman–Crippen LogP) is 1.49. The minimum absolute atomic E-state index is 0.0263. The van der Waals surface area contributed by atoms with Gasteiger partial charge in [0.15, 0.2) is 0 Å². The summed E-state index contributed by atoms with van der Waals surface area (Å²) in [6.07, 6.45) is 2.37. The van der Waals surface area contributed by atoms with Gasteiger partial charge in [0.2, 0.25) is 0 Å². The van der Waals surface area contributed by atoms with Gasteiger partial charge in [-0.25, -0.2) is 4.79 Å². The van der Waals surface area contributed by atoms with Gasteiger partial charge in [-0.3, -0.25) is 0 Å². The third kappa shape index (κ3) is 2.40. The van der Waals surface area contributed by atoms with Crippen molar-refractivity contribution in [2.45, 2.75) is 45.7 Å². The minimum Gasteiger partial charge on any atom is -0.336 e. The molecular formula is C9H18N2O. The molecule has 0 heterocycles. The van der Waals surface area contributed by atoms with E-state index in [2.05, 4.69) is 17.6 Å². The first-order valence-corrected chi connectivity index (χ1v) is 4.66. The fourth-order valence-electron chi connectivity index (χ4n) is 1.35. The lowest BCUT2D eigenvalue weighted by atomic mass is 9.81. The summed E-state index contributed by atoms with van der Waals surface area (Å²) >= 11 is 0. The molecule has 0 aromatic rings. The molecule has 0 aromatic heterocycles. The molecular weight excluding hydrogens is 152 g/mol. The predicted molar refractivity (Wildman–Crippen MR) is 49.0 cm³/mol. The molecule has 0 aromatic carbocycles. The van der Waals surface area contributed by atoms with Gasteiger partial charge in [0.1, 0.15) is 0 Å². The monoisotopic (exact) mass is 170 g/mol. The normalized spacial score (nSPS) is 28.0. The van der Waals surface area contributed by atoms with Gasteiger partial charge in [0, 0.05) is 12.1 Å². The lowest BCUT2D eigenvalue weighted by Crippen LogP contribution is -2.50. The SMILES string of the molecule is CC(C)NC(=O)NC1CCC1C. The van der Waals surface area contributed by atoms with E-state index >= 15 is 0 Å². The maximum atomic E-state index is 11.2. The van der Waals surface area contributed by atoms with E-state index in [-0.39, 0.29) is 12.1 Å². The lowest BCUT2D eigenvalue weighted by Gasteiger charge is -2.34. The Morgan fingerprint density at radius 1 is 1.42 bits per heavy atom. The zero-order valence-corrected chi connectivity index (χ0v) is 8.05. The summed E-state index contributed by atoms with van der Waals surface area (Å²) in [6, 6.07) is 0.602. The van der Waals surface area contributed by atoms with E-state index in [0.717, 1.165) is 6.42 Å². The van der Waals surface area contributed by atoms with Gasteiger partial charge in [-0.2, -0.15) is 0 Å². The molecule has 0 spiro atoms. The van der Waals surface area contributed by atoms with Gasteiger partial charge in [0.25, 0.3) is 0 Å². The molecule has 1 rings (SSSR count). The Morgan fingerprint density at radius 3 is 2.42 bits per heavy atom. The summed E-state index contributed by atoms with van der Waals surface area (Å²) in [5.74, 6) is 0.655. The van der Waals surface area contributed by atoms with Crippen LogP contribution in [0.1, 0.15) is 33.6 Å². The number of amides is 2. The van der Waals surface area contributed by atoms with Crippen LogP contribution in [0.4, 0.5) is 4.79 Å². The maximum absolute atomic E-state index is 11.2. The van der Waals surface area contributed by atoms with Crippen LogP contribution in [-0.4, -0.2) is 18.1 Å². The van der Waals surface area contributed by atoms with Crippen molar-refractivity contribution in [3.63, 3.8) is 0 Å². The molecule has 0 bridgehead atoms. The molecule has 0 radical (unpaired) electrons. The molecule has 2 N–H and O–H groups in total. The molecule has 2 atom stereocenters. The minimum atomic E-state index is -0.0263. The lowest BCUT2D eigenvalue weighted by molar-refractivity contribution is 0.202. The first-order chi connectivity index (χ1) is 5.59. The van der Waals surface area contributed by atoms with E-state index in [1.165, 1.54) is 6.42 Å². The Hall–Kier alpha value is -0.730. The Morgan fingerprint density at radius 2 is 2.08 bits per heavy atom. The van der Waals surface area contributed by atoms with E-state index in [9.17, 15) is 4.79 Å². The van der Waals surface area contributed by atoms with Crippen molar-refractivity contribution in [1.29, 1.82) is 0 Å². The Bertz CT molecular complexity index is 168. The third-order valence-corrected chi connectivity index (χ3v) is 2.36. The molecule has 2 unspecified atom stereocenters. The van der Waals surface area contributed by atoms with E-state index in [0.29, 0.717) is 12.0 Å². The van der Waals surface area contributed by atoms with Crippen molar-refractivity contribution in [1.82, 2.24) is 10.6 Å². The van der Waals surface area contributed by atoms with Crippen LogP contribution in [0.2, 0.25) is 0 Å². The van der Waals surface area contributed by atoms with Crippen LogP contribution in [0.15, 0.2) is 0 Å². The van der Waals surface area contributed by atoms with E-state index in [1.54, 1.807) is 0 Å². The molecule has 3 heteroatoms. The summed E-state index contributed by atoms with van der Waals surface area (Å²) in [5, 5.41) is 5.76. The summed E-state index contributed by atoms with van der Waals surface area (Å²) in [4.78, 5) is 11.2. The van der Waals surface area contributed by atoms with Crippen LogP contribution in [-0.2, 0) is 0 Å². The van der Waals surface area contributed by atoms with E-state index < -0.39 is 0 Å². The summed E-state index contributed by atoms with van der Waals surface area (Å²) in [6.45, 7) is 6.09. The number of rotatable bonds is 2. The number of carbonyl (C=O) groups is 1. The van der Waals surface area contributed by atoms with Crippen molar-refractivity contribution in [2.24, 2.45) is 5.92 Å². The smallest absolute Gasteiger partial charge is 0.315 e. The van der Waals surface area contributed by atoms with Crippen LogP contribution in [0.25, 0.3) is 0 Å². The maximum Gasteiger partial charge on any atom is 0.315 e. The third-order valence-electron chi connectivity index (χ3n) is 2.36. The van der Waals surface area contributed by atoms with Crippen LogP contribution in [0.5, 0.6) is 0 Å². The second kappa shape index (κ2) is 3.78. The fourth-order valence-corrected chi connectivity index (χ4v) is 1.35. The quantitative estimate of drug-likeness (QED) is 0.647. The summed E-state index contributed by atoms with van der Waals surface area (Å²) in [7, 11) is 0. The zero-order chi connectivity index (χ0) is 9.14. The van der Waals surface area contributed by atoms with Crippen molar-refractivity contribution in [2.75, 3.05) is 0 Å². The Balaban J connectivity index is 2.17. The second-order valence-electron chi connectivity index (χ2n) is 3.93. The van der Waals surface area contributed by atoms with Gasteiger partial charge in [-0.15, -0.1) is 0 Å². The van der Waals surface area contributed by atoms with Gasteiger partial charge in [-0.1, -0.05) is 6.92 Å². The summed E-state index contributed by atoms with van der Waals surface area (Å²) in [5.41, 5.74) is 0. The van der Waals surface area contributed by atoms with E-state index in [1.807, 2.05) is 13.8 Å². The van der Waals surface area contributed by atoms with Crippen molar-refractivity contribution in [3.05, 3.63) is 0 Å². The average molecular weight is 170 g/mol. The first kappa shape index (κ1) is 9.36. The Kier molecular flexibility index (Phi) is 2.95. The number of carbonyl (C=O) groups excluding carboxylic acids is 1. The van der Waals surface area contributed by atoms with Crippen LogP contribution in [0, 0.1) is 5.92 Å². The van der Waals surface area contributed by atoms with Crippen LogP contribution < -0.4 is 10.6 Å². The topological polar surface area (TPSA) is 41.1 Å². The van der Waals surface area contributed by atoms with Crippen molar-refractivity contribution in [3.8, 4) is 0 Å². The largest absolute Gasteiger partial charge is 0.336 e. The van der Waals surface area contributed by atoms with Crippen molar-refractivity contribution < 1.29 is 4.79 Å². The van der Waals surface area contributed by atoms with Gasteiger partial charge in [0.05, 0.1) is 0 Å². The highest BCUT2D eigenvalue weighted by molar-refractivity contribution is 5.74. The van der Waals surface area contributed by atoms with E-state index in [4.69, 9.17) is 0 Å².